The molecule has 0 bridgehead atoms. The number of alkyl halides is 1. The van der Waals surface area contributed by atoms with E-state index in [1.54, 1.807) is 0 Å². The van der Waals surface area contributed by atoms with Crippen LogP contribution in [0.1, 0.15) is 34.6 Å². The van der Waals surface area contributed by atoms with Crippen LogP contribution in [-0.2, 0) is 0 Å². The van der Waals surface area contributed by atoms with Gasteiger partial charge in [0.1, 0.15) is 0 Å². The maximum atomic E-state index is 2.53. The van der Waals surface area contributed by atoms with Crippen molar-refractivity contribution >= 4 is 22.6 Å². The third-order valence-corrected chi connectivity index (χ3v) is 3.84. The van der Waals surface area contributed by atoms with Crippen LogP contribution in [0.2, 0.25) is 0 Å². The third kappa shape index (κ3) is 3.84. The molecule has 0 spiro atoms. The molecule has 0 N–H and O–H groups in total. The molecule has 1 aliphatic heterocycles. The van der Waals surface area contributed by atoms with Crippen molar-refractivity contribution < 1.29 is 0 Å². The van der Waals surface area contributed by atoms with Crippen molar-refractivity contribution in [1.29, 1.82) is 0 Å². The Bertz CT molecular complexity index is 155. The normalized spacial score (nSPS) is 24.0. The highest BCUT2D eigenvalue weighted by Crippen LogP contribution is 2.17. The van der Waals surface area contributed by atoms with Gasteiger partial charge in [-0.2, -0.15) is 0 Å². The van der Waals surface area contributed by atoms with Crippen molar-refractivity contribution in [2.24, 2.45) is 0 Å². The average Bonchev–Trinajstić information content (AvgIpc) is 2.16. The topological polar surface area (TPSA) is 9.72 Å². The molecule has 0 aromatic rings. The van der Waals surface area contributed by atoms with Gasteiger partial charge < -0.3 is 0 Å². The fraction of sp³-hybridized carbons (Fsp3) is 1.00. The molecule has 0 aliphatic carbocycles. The van der Waals surface area contributed by atoms with Crippen LogP contribution in [0.25, 0.3) is 0 Å². The molecule has 15 heavy (non-hydrogen) atoms. The summed E-state index contributed by atoms with van der Waals surface area (Å²) >= 11 is 2.50. The van der Waals surface area contributed by atoms with E-state index in [-0.39, 0.29) is 0 Å². The zero-order valence-corrected chi connectivity index (χ0v) is 12.7. The lowest BCUT2D eigenvalue weighted by Gasteiger charge is -2.46. The Balaban J connectivity index is 2.64. The minimum absolute atomic E-state index is 0.602. The fourth-order valence-electron chi connectivity index (χ4n) is 1.71. The Kier molecular flexibility index (Phi) is 5.28. The maximum Gasteiger partial charge on any atom is 0.0613 e. The summed E-state index contributed by atoms with van der Waals surface area (Å²) in [6, 6.07) is 1.26. The van der Waals surface area contributed by atoms with Gasteiger partial charge in [-0.15, -0.1) is 0 Å². The standard InChI is InChI=1S/C11H24IN3/c1-9(2)13-6-14(10(3)4)8-15(7-13)11(5)12/h9-11H,6-8H2,1-5H3. The van der Waals surface area contributed by atoms with Crippen LogP contribution < -0.4 is 0 Å². The smallest absolute Gasteiger partial charge is 0.0613 e. The fourth-order valence-corrected chi connectivity index (χ4v) is 2.06. The Morgan fingerprint density at radius 1 is 0.733 bits per heavy atom. The number of hydrogen-bond donors (Lipinski definition) is 0. The van der Waals surface area contributed by atoms with Gasteiger partial charge in [0.15, 0.2) is 0 Å². The van der Waals surface area contributed by atoms with E-state index in [1.807, 2.05) is 0 Å². The predicted molar refractivity (Wildman–Crippen MR) is 73.9 cm³/mol. The van der Waals surface area contributed by atoms with Crippen molar-refractivity contribution in [3.63, 3.8) is 0 Å². The molecule has 0 saturated carbocycles. The highest BCUT2D eigenvalue weighted by atomic mass is 127. The predicted octanol–water partition coefficient (Wildman–Crippen LogP) is 2.38. The Morgan fingerprint density at radius 2 is 1.07 bits per heavy atom. The lowest BCUT2D eigenvalue weighted by Crippen LogP contribution is -2.59. The summed E-state index contributed by atoms with van der Waals surface area (Å²) in [4.78, 5) is 7.57. The molecule has 0 radical (unpaired) electrons. The van der Waals surface area contributed by atoms with Gasteiger partial charge in [-0.1, -0.05) is 22.6 Å². The van der Waals surface area contributed by atoms with Gasteiger partial charge >= 0.3 is 0 Å². The molecule has 1 unspecified atom stereocenters. The summed E-state index contributed by atoms with van der Waals surface area (Å²) in [5, 5.41) is 0. The monoisotopic (exact) mass is 325 g/mol. The first-order valence-electron chi connectivity index (χ1n) is 5.78. The van der Waals surface area contributed by atoms with Gasteiger partial charge in [0.25, 0.3) is 0 Å². The molecule has 1 atom stereocenters. The lowest BCUT2D eigenvalue weighted by molar-refractivity contribution is -0.0579. The van der Waals surface area contributed by atoms with Gasteiger partial charge in [0, 0.05) is 12.1 Å². The van der Waals surface area contributed by atoms with Gasteiger partial charge in [-0.25, -0.2) is 0 Å². The third-order valence-electron chi connectivity index (χ3n) is 3.05. The van der Waals surface area contributed by atoms with Gasteiger partial charge in [0.2, 0.25) is 0 Å². The molecule has 1 heterocycles. The van der Waals surface area contributed by atoms with Gasteiger partial charge in [0.05, 0.1) is 24.1 Å². The van der Waals surface area contributed by atoms with Crippen molar-refractivity contribution in [2.75, 3.05) is 20.0 Å². The van der Waals surface area contributed by atoms with Crippen LogP contribution in [0, 0.1) is 0 Å². The summed E-state index contributed by atoms with van der Waals surface area (Å²) in [7, 11) is 0. The number of nitrogens with zero attached hydrogens (tertiary/aromatic N) is 3. The number of rotatable bonds is 3. The second-order valence-corrected chi connectivity index (χ2v) is 6.75. The Morgan fingerprint density at radius 3 is 1.33 bits per heavy atom. The van der Waals surface area contributed by atoms with E-state index in [9.17, 15) is 0 Å². The van der Waals surface area contributed by atoms with Crippen molar-refractivity contribution in [3.8, 4) is 0 Å². The number of hydrogen-bond acceptors (Lipinski definition) is 3. The molecule has 1 aliphatic rings. The van der Waals surface area contributed by atoms with E-state index < -0.39 is 0 Å². The summed E-state index contributed by atoms with van der Waals surface area (Å²) in [6.45, 7) is 14.7. The van der Waals surface area contributed by atoms with Gasteiger partial charge in [-0.3, -0.25) is 14.7 Å². The molecule has 3 nitrogen and oxygen atoms in total. The first-order valence-corrected chi connectivity index (χ1v) is 7.02. The van der Waals surface area contributed by atoms with E-state index in [2.05, 4.69) is 71.9 Å². The molecule has 4 heteroatoms. The van der Waals surface area contributed by atoms with Crippen LogP contribution >= 0.6 is 22.6 Å². The first kappa shape index (κ1) is 13.7. The molecule has 1 saturated heterocycles. The van der Waals surface area contributed by atoms with Gasteiger partial charge in [-0.05, 0) is 34.6 Å². The Hall–Kier alpha value is 0.610. The summed E-state index contributed by atoms with van der Waals surface area (Å²) in [6.07, 6.45) is 0. The van der Waals surface area contributed by atoms with Crippen LogP contribution in [0.3, 0.4) is 0 Å². The zero-order chi connectivity index (χ0) is 11.6. The van der Waals surface area contributed by atoms with Crippen molar-refractivity contribution in [1.82, 2.24) is 14.7 Å². The van der Waals surface area contributed by atoms with Crippen molar-refractivity contribution in [2.45, 2.75) is 50.8 Å². The maximum absolute atomic E-state index is 2.53. The van der Waals surface area contributed by atoms with E-state index in [0.29, 0.717) is 16.1 Å². The molecule has 90 valence electrons. The van der Waals surface area contributed by atoms with E-state index >= 15 is 0 Å². The SMILES string of the molecule is CC(C)N1CN(C(C)C)CN(C(C)I)C1. The second-order valence-electron chi connectivity index (χ2n) is 4.95. The highest BCUT2D eigenvalue weighted by molar-refractivity contribution is 14.1. The van der Waals surface area contributed by atoms with E-state index in [0.717, 1.165) is 20.0 Å². The second kappa shape index (κ2) is 5.80. The largest absolute Gasteiger partial charge is 0.275 e. The average molecular weight is 325 g/mol. The minimum Gasteiger partial charge on any atom is -0.275 e. The summed E-state index contributed by atoms with van der Waals surface area (Å²) in [5.74, 6) is 0. The van der Waals surface area contributed by atoms with Crippen LogP contribution in [0.4, 0.5) is 0 Å². The van der Waals surface area contributed by atoms with Crippen LogP contribution in [-0.4, -0.2) is 50.8 Å². The number of halogens is 1. The molecule has 0 aromatic heterocycles. The van der Waals surface area contributed by atoms with E-state index in [4.69, 9.17) is 0 Å². The first-order chi connectivity index (χ1) is 6.91. The molecular formula is C11H24IN3. The zero-order valence-electron chi connectivity index (χ0n) is 10.6. The highest BCUT2D eigenvalue weighted by Gasteiger charge is 2.27. The molecule has 0 aromatic carbocycles. The molecule has 0 amide bonds. The molecule has 1 rings (SSSR count). The van der Waals surface area contributed by atoms with Crippen molar-refractivity contribution in [3.05, 3.63) is 0 Å². The quantitative estimate of drug-likeness (QED) is 0.448. The minimum atomic E-state index is 0.602. The summed E-state index contributed by atoms with van der Waals surface area (Å²) in [5.41, 5.74) is 0. The van der Waals surface area contributed by atoms with E-state index in [1.165, 1.54) is 0 Å². The molecule has 1 fully saturated rings. The lowest BCUT2D eigenvalue weighted by atomic mass is 10.3. The summed E-state index contributed by atoms with van der Waals surface area (Å²) < 4.78 is 0.602. The van der Waals surface area contributed by atoms with Crippen LogP contribution in [0.15, 0.2) is 0 Å². The molecular weight excluding hydrogens is 301 g/mol. The Labute approximate surface area is 108 Å². The van der Waals surface area contributed by atoms with Crippen LogP contribution in [0.5, 0.6) is 0 Å².